The lowest BCUT2D eigenvalue weighted by atomic mass is 10.1. The van der Waals surface area contributed by atoms with Crippen LogP contribution in [0.2, 0.25) is 0 Å². The molecule has 0 saturated carbocycles. The van der Waals surface area contributed by atoms with Crippen LogP contribution in [-0.2, 0) is 14.8 Å². The van der Waals surface area contributed by atoms with Crippen molar-refractivity contribution in [1.29, 1.82) is 0 Å². The molecule has 112 valence electrons. The SMILES string of the molecule is CCCNc1ccc(S(=O)(=O)NCC2CCOC2)cc1. The quantitative estimate of drug-likeness (QED) is 0.806. The van der Waals surface area contributed by atoms with Gasteiger partial charge in [-0.1, -0.05) is 6.92 Å². The summed E-state index contributed by atoms with van der Waals surface area (Å²) in [4.78, 5) is 0.304. The van der Waals surface area contributed by atoms with E-state index in [9.17, 15) is 8.42 Å². The van der Waals surface area contributed by atoms with Gasteiger partial charge in [0.15, 0.2) is 0 Å². The zero-order chi connectivity index (χ0) is 14.4. The molecule has 5 nitrogen and oxygen atoms in total. The van der Waals surface area contributed by atoms with Crippen molar-refractivity contribution in [3.05, 3.63) is 24.3 Å². The largest absolute Gasteiger partial charge is 0.385 e. The van der Waals surface area contributed by atoms with Crippen molar-refractivity contribution < 1.29 is 13.2 Å². The molecule has 1 aromatic carbocycles. The lowest BCUT2D eigenvalue weighted by molar-refractivity contribution is 0.186. The van der Waals surface area contributed by atoms with Crippen LogP contribution in [0.4, 0.5) is 5.69 Å². The highest BCUT2D eigenvalue weighted by Crippen LogP contribution is 2.16. The standard InChI is InChI=1S/C14H22N2O3S/c1-2-8-15-13-3-5-14(6-4-13)20(17,18)16-10-12-7-9-19-11-12/h3-6,12,15-16H,2,7-11H2,1H3. The minimum atomic E-state index is -3.42. The van der Waals surface area contributed by atoms with Crippen LogP contribution in [0, 0.1) is 5.92 Å². The molecule has 0 bridgehead atoms. The van der Waals surface area contributed by atoms with E-state index in [0.717, 1.165) is 31.7 Å². The van der Waals surface area contributed by atoms with E-state index in [2.05, 4.69) is 17.0 Å². The highest BCUT2D eigenvalue weighted by atomic mass is 32.2. The molecule has 1 aliphatic rings. The third-order valence-electron chi connectivity index (χ3n) is 3.33. The van der Waals surface area contributed by atoms with E-state index >= 15 is 0 Å². The van der Waals surface area contributed by atoms with E-state index in [1.165, 1.54) is 0 Å². The van der Waals surface area contributed by atoms with Crippen molar-refractivity contribution in [2.45, 2.75) is 24.7 Å². The minimum Gasteiger partial charge on any atom is -0.385 e. The Bertz CT molecular complexity index is 508. The summed E-state index contributed by atoms with van der Waals surface area (Å²) in [5, 5.41) is 3.22. The van der Waals surface area contributed by atoms with Gasteiger partial charge in [0, 0.05) is 25.4 Å². The number of nitrogens with one attached hydrogen (secondary N) is 2. The second kappa shape index (κ2) is 7.06. The Morgan fingerprint density at radius 1 is 1.30 bits per heavy atom. The van der Waals surface area contributed by atoms with Gasteiger partial charge in [-0.2, -0.15) is 0 Å². The number of ether oxygens (including phenoxy) is 1. The molecular weight excluding hydrogens is 276 g/mol. The van der Waals surface area contributed by atoms with Gasteiger partial charge < -0.3 is 10.1 Å². The average Bonchev–Trinajstić information content (AvgIpc) is 2.97. The zero-order valence-corrected chi connectivity index (χ0v) is 12.6. The number of hydrogen-bond acceptors (Lipinski definition) is 4. The van der Waals surface area contributed by atoms with Crippen LogP contribution in [0.25, 0.3) is 0 Å². The van der Waals surface area contributed by atoms with Gasteiger partial charge in [0.1, 0.15) is 0 Å². The van der Waals surface area contributed by atoms with Crippen molar-refractivity contribution in [2.75, 3.05) is 31.6 Å². The molecule has 1 atom stereocenters. The molecule has 1 fully saturated rings. The van der Waals surface area contributed by atoms with Crippen LogP contribution in [0.15, 0.2) is 29.2 Å². The van der Waals surface area contributed by atoms with Crippen LogP contribution in [0.1, 0.15) is 19.8 Å². The average molecular weight is 298 g/mol. The molecule has 1 unspecified atom stereocenters. The summed E-state index contributed by atoms with van der Waals surface area (Å²) in [6, 6.07) is 6.85. The third kappa shape index (κ3) is 4.19. The lowest BCUT2D eigenvalue weighted by Crippen LogP contribution is -2.29. The van der Waals surface area contributed by atoms with Gasteiger partial charge in [-0.3, -0.25) is 0 Å². The van der Waals surface area contributed by atoms with Crippen molar-refractivity contribution in [1.82, 2.24) is 4.72 Å². The Morgan fingerprint density at radius 3 is 2.65 bits per heavy atom. The summed E-state index contributed by atoms with van der Waals surface area (Å²) in [6.45, 7) is 4.78. The normalized spacial score (nSPS) is 19.1. The Hall–Kier alpha value is -1.11. The van der Waals surface area contributed by atoms with Gasteiger partial charge in [-0.25, -0.2) is 13.1 Å². The summed E-state index contributed by atoms with van der Waals surface area (Å²) in [5.74, 6) is 0.287. The molecule has 1 heterocycles. The summed E-state index contributed by atoms with van der Waals surface area (Å²) >= 11 is 0. The van der Waals surface area contributed by atoms with Gasteiger partial charge in [0.05, 0.1) is 11.5 Å². The van der Waals surface area contributed by atoms with Crippen LogP contribution < -0.4 is 10.0 Å². The molecule has 1 saturated heterocycles. The molecule has 20 heavy (non-hydrogen) atoms. The third-order valence-corrected chi connectivity index (χ3v) is 4.77. The van der Waals surface area contributed by atoms with E-state index in [0.29, 0.717) is 18.0 Å². The first-order valence-electron chi connectivity index (χ1n) is 7.03. The molecule has 1 aromatic rings. The first-order chi connectivity index (χ1) is 9.62. The fourth-order valence-corrected chi connectivity index (χ4v) is 3.19. The van der Waals surface area contributed by atoms with Gasteiger partial charge in [0.2, 0.25) is 10.0 Å². The molecule has 0 aliphatic carbocycles. The summed E-state index contributed by atoms with van der Waals surface area (Å²) in [6.07, 6.45) is 1.95. The van der Waals surface area contributed by atoms with E-state index in [1.54, 1.807) is 24.3 Å². The smallest absolute Gasteiger partial charge is 0.240 e. The summed E-state index contributed by atoms with van der Waals surface area (Å²) < 4.78 is 32.2. The highest BCUT2D eigenvalue weighted by molar-refractivity contribution is 7.89. The maximum atomic E-state index is 12.1. The van der Waals surface area contributed by atoms with Crippen molar-refractivity contribution in [2.24, 2.45) is 5.92 Å². The second-order valence-electron chi connectivity index (χ2n) is 5.03. The van der Waals surface area contributed by atoms with Crippen LogP contribution in [0.3, 0.4) is 0 Å². The van der Waals surface area contributed by atoms with Gasteiger partial charge in [-0.15, -0.1) is 0 Å². The van der Waals surface area contributed by atoms with Crippen LogP contribution in [0.5, 0.6) is 0 Å². The molecule has 0 spiro atoms. The van der Waals surface area contributed by atoms with Gasteiger partial charge in [-0.05, 0) is 43.0 Å². The number of benzene rings is 1. The highest BCUT2D eigenvalue weighted by Gasteiger charge is 2.20. The summed E-state index contributed by atoms with van der Waals surface area (Å²) in [7, 11) is -3.42. The fraction of sp³-hybridized carbons (Fsp3) is 0.571. The van der Waals surface area contributed by atoms with Crippen molar-refractivity contribution in [3.8, 4) is 0 Å². The molecule has 2 N–H and O–H groups in total. The van der Waals surface area contributed by atoms with E-state index in [-0.39, 0.29) is 5.92 Å². The molecule has 0 amide bonds. The van der Waals surface area contributed by atoms with E-state index in [4.69, 9.17) is 4.74 Å². The molecule has 6 heteroatoms. The number of hydrogen-bond donors (Lipinski definition) is 2. The predicted octanol–water partition coefficient (Wildman–Crippen LogP) is 1.82. The van der Waals surface area contributed by atoms with Gasteiger partial charge in [0.25, 0.3) is 0 Å². The van der Waals surface area contributed by atoms with Gasteiger partial charge >= 0.3 is 0 Å². The lowest BCUT2D eigenvalue weighted by Gasteiger charge is -2.11. The summed E-state index contributed by atoms with van der Waals surface area (Å²) in [5.41, 5.74) is 0.940. The maximum absolute atomic E-state index is 12.1. The molecule has 2 rings (SSSR count). The Morgan fingerprint density at radius 2 is 2.05 bits per heavy atom. The maximum Gasteiger partial charge on any atom is 0.240 e. The van der Waals surface area contributed by atoms with Crippen molar-refractivity contribution >= 4 is 15.7 Å². The second-order valence-corrected chi connectivity index (χ2v) is 6.80. The predicted molar refractivity (Wildman–Crippen MR) is 79.3 cm³/mol. The fourth-order valence-electron chi connectivity index (χ4n) is 2.08. The Labute approximate surface area is 120 Å². The Balaban J connectivity index is 1.94. The zero-order valence-electron chi connectivity index (χ0n) is 11.8. The molecule has 0 aromatic heterocycles. The number of sulfonamides is 1. The molecular formula is C14H22N2O3S. The minimum absolute atomic E-state index is 0.287. The van der Waals surface area contributed by atoms with E-state index < -0.39 is 10.0 Å². The first kappa shape index (κ1) is 15.3. The monoisotopic (exact) mass is 298 g/mol. The Kier molecular flexibility index (Phi) is 5.39. The first-order valence-corrected chi connectivity index (χ1v) is 8.51. The number of rotatable bonds is 7. The van der Waals surface area contributed by atoms with Crippen molar-refractivity contribution in [3.63, 3.8) is 0 Å². The number of anilines is 1. The van der Waals surface area contributed by atoms with Crippen LogP contribution >= 0.6 is 0 Å². The van der Waals surface area contributed by atoms with E-state index in [1.807, 2.05) is 0 Å². The molecule has 1 aliphatic heterocycles. The molecule has 0 radical (unpaired) electrons. The van der Waals surface area contributed by atoms with Crippen LogP contribution in [-0.4, -0.2) is 34.7 Å². The topological polar surface area (TPSA) is 67.4 Å².